The van der Waals surface area contributed by atoms with Gasteiger partial charge in [0.2, 0.25) is 0 Å². The third-order valence-electron chi connectivity index (χ3n) is 5.06. The highest BCUT2D eigenvalue weighted by molar-refractivity contribution is 7.18. The van der Waals surface area contributed by atoms with Crippen molar-refractivity contribution < 1.29 is 4.74 Å². The molecule has 2 fully saturated rings. The molecule has 0 saturated carbocycles. The van der Waals surface area contributed by atoms with Crippen LogP contribution in [0.5, 0.6) is 0 Å². The van der Waals surface area contributed by atoms with Crippen LogP contribution in [-0.2, 0) is 11.3 Å². The number of aromatic nitrogens is 3. The number of morpholine rings is 1. The Bertz CT molecular complexity index is 664. The van der Waals surface area contributed by atoms with Crippen molar-refractivity contribution in [1.82, 2.24) is 19.4 Å². The van der Waals surface area contributed by atoms with Crippen LogP contribution in [0.25, 0.3) is 10.6 Å². The fourth-order valence-corrected chi connectivity index (χ4v) is 4.63. The quantitative estimate of drug-likeness (QED) is 0.749. The first-order valence-electron chi connectivity index (χ1n) is 9.41. The van der Waals surface area contributed by atoms with Crippen molar-refractivity contribution in [3.63, 3.8) is 0 Å². The minimum Gasteiger partial charge on any atom is -0.378 e. The molecule has 0 aliphatic carbocycles. The topological polar surface area (TPSA) is 46.4 Å². The van der Waals surface area contributed by atoms with Crippen molar-refractivity contribution in [2.45, 2.75) is 32.2 Å². The Hall–Kier alpha value is -1.15. The van der Waals surface area contributed by atoms with Crippen molar-refractivity contribution >= 4 is 28.9 Å². The number of piperidine rings is 1. The van der Waals surface area contributed by atoms with Crippen LogP contribution in [0.2, 0.25) is 0 Å². The van der Waals surface area contributed by atoms with E-state index in [1.807, 2.05) is 18.7 Å². The average Bonchev–Trinajstić information content (AvgIpc) is 3.32. The predicted molar refractivity (Wildman–Crippen MR) is 109 cm³/mol. The lowest BCUT2D eigenvalue weighted by molar-refractivity contribution is 0.122. The minimum atomic E-state index is 0. The normalized spacial score (nSPS) is 18.7. The molecule has 0 bridgehead atoms. The van der Waals surface area contributed by atoms with Crippen molar-refractivity contribution in [1.29, 1.82) is 0 Å². The molecule has 2 aromatic rings. The smallest absolute Gasteiger partial charge is 0.186 e. The molecule has 4 rings (SSSR count). The van der Waals surface area contributed by atoms with Gasteiger partial charge < -0.3 is 19.1 Å². The van der Waals surface area contributed by atoms with Gasteiger partial charge in [0.25, 0.3) is 0 Å². The molecule has 2 aliphatic rings. The largest absolute Gasteiger partial charge is 0.378 e. The number of thiazole rings is 1. The Morgan fingerprint density at radius 2 is 1.81 bits per heavy atom. The highest BCUT2D eigenvalue weighted by atomic mass is 35.5. The molecule has 8 heteroatoms. The minimum absolute atomic E-state index is 0. The van der Waals surface area contributed by atoms with E-state index in [9.17, 15) is 0 Å². The van der Waals surface area contributed by atoms with E-state index in [1.54, 1.807) is 11.3 Å². The highest BCUT2D eigenvalue weighted by Crippen LogP contribution is 2.31. The number of likely N-dealkylation sites (tertiary alicyclic amines) is 1. The van der Waals surface area contributed by atoms with E-state index in [0.717, 1.165) is 38.0 Å². The monoisotopic (exact) mass is 397 g/mol. The first-order chi connectivity index (χ1) is 12.4. The van der Waals surface area contributed by atoms with Crippen LogP contribution in [0, 0.1) is 0 Å². The van der Waals surface area contributed by atoms with Crippen molar-refractivity contribution in [3.05, 3.63) is 18.7 Å². The maximum Gasteiger partial charge on any atom is 0.186 e. The van der Waals surface area contributed by atoms with Crippen LogP contribution in [0.1, 0.15) is 25.7 Å². The molecule has 0 unspecified atom stereocenters. The van der Waals surface area contributed by atoms with Crippen molar-refractivity contribution in [2.75, 3.05) is 50.8 Å². The van der Waals surface area contributed by atoms with Gasteiger partial charge >= 0.3 is 0 Å². The number of aryl methyl sites for hydroxylation is 1. The zero-order valence-corrected chi connectivity index (χ0v) is 16.8. The molecule has 4 heterocycles. The maximum absolute atomic E-state index is 5.43. The van der Waals surface area contributed by atoms with Gasteiger partial charge in [-0.3, -0.25) is 0 Å². The van der Waals surface area contributed by atoms with E-state index < -0.39 is 0 Å². The van der Waals surface area contributed by atoms with E-state index in [4.69, 9.17) is 4.74 Å². The first kappa shape index (κ1) is 19.6. The summed E-state index contributed by atoms with van der Waals surface area (Å²) in [4.78, 5) is 15.1. The lowest BCUT2D eigenvalue weighted by atomic mass is 10.1. The summed E-state index contributed by atoms with van der Waals surface area (Å²) in [5, 5.41) is 1.10. The molecule has 26 heavy (non-hydrogen) atoms. The summed E-state index contributed by atoms with van der Waals surface area (Å²) in [6.07, 6.45) is 11.2. The molecule has 2 saturated heterocycles. The van der Waals surface area contributed by atoms with Gasteiger partial charge in [0.1, 0.15) is 0 Å². The standard InChI is InChI=1S/C18H27N5OS.ClH/c1-2-5-21(6-3-1)7-4-8-23-15-19-13-16(23)17-14-20-18(25-17)22-9-11-24-12-10-22;/h13-15H,1-12H2;1H. The molecule has 0 spiro atoms. The van der Waals surface area contributed by atoms with Gasteiger partial charge in [0.15, 0.2) is 5.13 Å². The molecular formula is C18H28ClN5OS. The number of hydrogen-bond acceptors (Lipinski definition) is 6. The average molecular weight is 398 g/mol. The second-order valence-corrected chi connectivity index (χ2v) is 7.84. The molecule has 2 aromatic heterocycles. The third kappa shape index (κ3) is 4.76. The number of hydrogen-bond donors (Lipinski definition) is 0. The Kier molecular flexibility index (Phi) is 7.31. The Morgan fingerprint density at radius 1 is 1.00 bits per heavy atom. The van der Waals surface area contributed by atoms with E-state index in [2.05, 4.69) is 24.3 Å². The van der Waals surface area contributed by atoms with Crippen LogP contribution in [0.3, 0.4) is 0 Å². The van der Waals surface area contributed by atoms with E-state index in [-0.39, 0.29) is 12.4 Å². The lowest BCUT2D eigenvalue weighted by Gasteiger charge is -2.26. The molecule has 0 atom stereocenters. The summed E-state index contributed by atoms with van der Waals surface area (Å²) in [6.45, 7) is 8.22. The van der Waals surface area contributed by atoms with Gasteiger partial charge in [-0.05, 0) is 38.9 Å². The lowest BCUT2D eigenvalue weighted by Crippen LogP contribution is -2.36. The molecule has 0 amide bonds. The van der Waals surface area contributed by atoms with Crippen LogP contribution >= 0.6 is 23.7 Å². The van der Waals surface area contributed by atoms with Crippen LogP contribution < -0.4 is 4.90 Å². The van der Waals surface area contributed by atoms with Gasteiger partial charge in [-0.25, -0.2) is 9.97 Å². The molecule has 0 N–H and O–H groups in total. The second kappa shape index (κ2) is 9.69. The summed E-state index contributed by atoms with van der Waals surface area (Å²) < 4.78 is 7.71. The molecule has 2 aliphatic heterocycles. The molecule has 0 radical (unpaired) electrons. The fraction of sp³-hybridized carbons (Fsp3) is 0.667. The van der Waals surface area contributed by atoms with Gasteiger partial charge in [-0.1, -0.05) is 17.8 Å². The second-order valence-electron chi connectivity index (χ2n) is 6.83. The van der Waals surface area contributed by atoms with Crippen LogP contribution in [-0.4, -0.2) is 65.4 Å². The number of anilines is 1. The number of imidazole rings is 1. The number of rotatable bonds is 6. The van der Waals surface area contributed by atoms with Gasteiger partial charge in [0, 0.05) is 25.8 Å². The predicted octanol–water partition coefficient (Wildman–Crippen LogP) is 3.14. The number of nitrogens with zero attached hydrogens (tertiary/aromatic N) is 5. The molecule has 0 aromatic carbocycles. The number of ether oxygens (including phenoxy) is 1. The highest BCUT2D eigenvalue weighted by Gasteiger charge is 2.17. The van der Waals surface area contributed by atoms with Crippen LogP contribution in [0.15, 0.2) is 18.7 Å². The SMILES string of the molecule is Cl.c1nc(N2CCOCC2)sc1-c1cncn1CCCN1CCCCC1. The summed E-state index contributed by atoms with van der Waals surface area (Å²) in [5.74, 6) is 0. The van der Waals surface area contributed by atoms with Gasteiger partial charge in [-0.15, -0.1) is 12.4 Å². The summed E-state index contributed by atoms with van der Waals surface area (Å²) in [6, 6.07) is 0. The van der Waals surface area contributed by atoms with Crippen molar-refractivity contribution in [2.24, 2.45) is 0 Å². The zero-order valence-electron chi connectivity index (χ0n) is 15.2. The number of halogens is 1. The maximum atomic E-state index is 5.43. The summed E-state index contributed by atoms with van der Waals surface area (Å²) in [7, 11) is 0. The summed E-state index contributed by atoms with van der Waals surface area (Å²) >= 11 is 1.76. The fourth-order valence-electron chi connectivity index (χ4n) is 3.64. The molecule has 6 nitrogen and oxygen atoms in total. The first-order valence-corrected chi connectivity index (χ1v) is 10.2. The zero-order chi connectivity index (χ0) is 16.9. The third-order valence-corrected chi connectivity index (χ3v) is 6.14. The Balaban J connectivity index is 0.00000196. The van der Waals surface area contributed by atoms with Crippen LogP contribution in [0.4, 0.5) is 5.13 Å². The van der Waals surface area contributed by atoms with Gasteiger partial charge in [-0.2, -0.15) is 0 Å². The molecule has 144 valence electrons. The van der Waals surface area contributed by atoms with E-state index in [0.29, 0.717) is 0 Å². The Labute approximate surface area is 165 Å². The van der Waals surface area contributed by atoms with Crippen molar-refractivity contribution in [3.8, 4) is 10.6 Å². The molecular weight excluding hydrogens is 370 g/mol. The van der Waals surface area contributed by atoms with Gasteiger partial charge in [0.05, 0.1) is 36.3 Å². The Morgan fingerprint density at radius 3 is 2.62 bits per heavy atom. The van der Waals surface area contributed by atoms with E-state index in [1.165, 1.54) is 55.9 Å². The van der Waals surface area contributed by atoms with E-state index >= 15 is 0 Å². The summed E-state index contributed by atoms with van der Waals surface area (Å²) in [5.41, 5.74) is 1.19.